The summed E-state index contributed by atoms with van der Waals surface area (Å²) in [6.45, 7) is 5.44. The van der Waals surface area contributed by atoms with Gasteiger partial charge < -0.3 is 5.11 Å². The number of fused-ring (bicyclic) bond motifs is 1. The number of aromatic nitrogens is 3. The quantitative estimate of drug-likeness (QED) is 0.831. The monoisotopic (exact) mass is 219 g/mol. The van der Waals surface area contributed by atoms with Crippen molar-refractivity contribution in [2.75, 3.05) is 0 Å². The SMILES string of the molecule is Cc1cc(C)n2nc(C(C)C(=O)O)cc2n1. The maximum Gasteiger partial charge on any atom is 0.312 e. The van der Waals surface area contributed by atoms with Gasteiger partial charge in [-0.1, -0.05) is 0 Å². The molecule has 5 heteroatoms. The molecule has 16 heavy (non-hydrogen) atoms. The molecule has 0 saturated heterocycles. The van der Waals surface area contributed by atoms with Gasteiger partial charge in [-0.15, -0.1) is 0 Å². The molecular formula is C11H13N3O2. The third-order valence-corrected chi connectivity index (χ3v) is 2.57. The van der Waals surface area contributed by atoms with E-state index in [1.165, 1.54) is 0 Å². The number of aryl methyl sites for hydroxylation is 2. The maximum atomic E-state index is 10.9. The predicted octanol–water partition coefficient (Wildman–Crippen LogP) is 1.53. The molecule has 1 atom stereocenters. The van der Waals surface area contributed by atoms with Crippen LogP contribution in [0.4, 0.5) is 0 Å². The highest BCUT2D eigenvalue weighted by atomic mass is 16.4. The van der Waals surface area contributed by atoms with Crippen LogP contribution < -0.4 is 0 Å². The Morgan fingerprint density at radius 1 is 1.44 bits per heavy atom. The molecule has 2 aromatic heterocycles. The number of carbonyl (C=O) groups is 1. The molecule has 0 amide bonds. The molecule has 2 aromatic rings. The van der Waals surface area contributed by atoms with E-state index in [0.717, 1.165) is 11.4 Å². The van der Waals surface area contributed by atoms with Gasteiger partial charge in [-0.2, -0.15) is 5.10 Å². The van der Waals surface area contributed by atoms with Gasteiger partial charge in [0.2, 0.25) is 0 Å². The third-order valence-electron chi connectivity index (χ3n) is 2.57. The van der Waals surface area contributed by atoms with Crippen molar-refractivity contribution in [2.24, 2.45) is 0 Å². The fraction of sp³-hybridized carbons (Fsp3) is 0.364. The summed E-state index contributed by atoms with van der Waals surface area (Å²) in [5, 5.41) is 13.2. The molecule has 0 aliphatic heterocycles. The Hall–Kier alpha value is -1.91. The number of nitrogens with zero attached hydrogens (tertiary/aromatic N) is 3. The van der Waals surface area contributed by atoms with E-state index in [9.17, 15) is 4.79 Å². The van der Waals surface area contributed by atoms with Crippen molar-refractivity contribution in [1.29, 1.82) is 0 Å². The highest BCUT2D eigenvalue weighted by Crippen LogP contribution is 2.16. The minimum absolute atomic E-state index is 0.536. The second kappa shape index (κ2) is 3.59. The van der Waals surface area contributed by atoms with E-state index >= 15 is 0 Å². The van der Waals surface area contributed by atoms with Crippen molar-refractivity contribution >= 4 is 11.6 Å². The van der Waals surface area contributed by atoms with Gasteiger partial charge in [0, 0.05) is 17.5 Å². The molecule has 0 aromatic carbocycles. The zero-order valence-electron chi connectivity index (χ0n) is 9.43. The Morgan fingerprint density at radius 2 is 2.12 bits per heavy atom. The average molecular weight is 219 g/mol. The molecule has 0 spiro atoms. The number of carboxylic acids is 1. The van der Waals surface area contributed by atoms with Crippen LogP contribution >= 0.6 is 0 Å². The summed E-state index contributed by atoms with van der Waals surface area (Å²) in [6, 6.07) is 3.63. The molecule has 1 unspecified atom stereocenters. The first-order valence-corrected chi connectivity index (χ1v) is 5.06. The van der Waals surface area contributed by atoms with Crippen LogP contribution in [-0.4, -0.2) is 25.7 Å². The van der Waals surface area contributed by atoms with Gasteiger partial charge in [0.05, 0.1) is 11.6 Å². The molecule has 1 N–H and O–H groups in total. The summed E-state index contributed by atoms with van der Waals surface area (Å²) >= 11 is 0. The van der Waals surface area contributed by atoms with Gasteiger partial charge in [0.15, 0.2) is 5.65 Å². The van der Waals surface area contributed by atoms with Crippen molar-refractivity contribution < 1.29 is 9.90 Å². The third kappa shape index (κ3) is 1.64. The number of rotatable bonds is 2. The van der Waals surface area contributed by atoms with E-state index in [1.54, 1.807) is 17.5 Å². The first-order valence-electron chi connectivity index (χ1n) is 5.06. The summed E-state index contributed by atoms with van der Waals surface area (Å²) in [4.78, 5) is 15.2. The molecule has 0 fully saturated rings. The number of hydrogen-bond donors (Lipinski definition) is 1. The van der Waals surface area contributed by atoms with Crippen LogP contribution in [0.3, 0.4) is 0 Å². The molecule has 0 saturated carbocycles. The van der Waals surface area contributed by atoms with Gasteiger partial charge in [0.25, 0.3) is 0 Å². The van der Waals surface area contributed by atoms with Crippen molar-refractivity contribution in [3.05, 3.63) is 29.2 Å². The van der Waals surface area contributed by atoms with Gasteiger partial charge in [-0.05, 0) is 26.8 Å². The predicted molar refractivity (Wildman–Crippen MR) is 58.5 cm³/mol. The Kier molecular flexibility index (Phi) is 2.38. The van der Waals surface area contributed by atoms with Crippen molar-refractivity contribution in [3.8, 4) is 0 Å². The van der Waals surface area contributed by atoms with E-state index < -0.39 is 11.9 Å². The molecule has 0 aliphatic rings. The fourth-order valence-corrected chi connectivity index (χ4v) is 1.64. The highest BCUT2D eigenvalue weighted by molar-refractivity contribution is 5.75. The lowest BCUT2D eigenvalue weighted by atomic mass is 10.1. The smallest absolute Gasteiger partial charge is 0.312 e. The van der Waals surface area contributed by atoms with Crippen LogP contribution in [0.25, 0.3) is 5.65 Å². The Bertz CT molecular complexity index is 560. The van der Waals surface area contributed by atoms with Crippen molar-refractivity contribution in [3.63, 3.8) is 0 Å². The summed E-state index contributed by atoms with van der Waals surface area (Å²) in [6.07, 6.45) is 0. The first kappa shape index (κ1) is 10.6. The van der Waals surface area contributed by atoms with Gasteiger partial charge in [-0.3, -0.25) is 4.79 Å². The van der Waals surface area contributed by atoms with Gasteiger partial charge >= 0.3 is 5.97 Å². The lowest BCUT2D eigenvalue weighted by molar-refractivity contribution is -0.138. The molecule has 0 aliphatic carbocycles. The normalized spacial score (nSPS) is 12.9. The average Bonchev–Trinajstić information content (AvgIpc) is 2.60. The number of carboxylic acid groups (broad SMARTS) is 1. The van der Waals surface area contributed by atoms with Crippen molar-refractivity contribution in [1.82, 2.24) is 14.6 Å². The Balaban J connectivity index is 2.60. The van der Waals surface area contributed by atoms with Crippen LogP contribution in [0, 0.1) is 13.8 Å². The molecule has 0 bridgehead atoms. The maximum absolute atomic E-state index is 10.9. The summed E-state index contributed by atoms with van der Waals surface area (Å²) in [7, 11) is 0. The van der Waals surface area contributed by atoms with E-state index in [2.05, 4.69) is 10.1 Å². The minimum atomic E-state index is -0.877. The summed E-state index contributed by atoms with van der Waals surface area (Å²) < 4.78 is 1.67. The second-order valence-corrected chi connectivity index (χ2v) is 3.94. The fourth-order valence-electron chi connectivity index (χ4n) is 1.64. The van der Waals surface area contributed by atoms with Crippen LogP contribution in [0.15, 0.2) is 12.1 Å². The topological polar surface area (TPSA) is 67.5 Å². The van der Waals surface area contributed by atoms with E-state index in [4.69, 9.17) is 5.11 Å². The number of aliphatic carboxylic acids is 1. The second-order valence-electron chi connectivity index (χ2n) is 3.94. The first-order chi connectivity index (χ1) is 7.49. The zero-order valence-corrected chi connectivity index (χ0v) is 9.43. The molecule has 84 valence electrons. The van der Waals surface area contributed by atoms with Crippen LogP contribution in [0.2, 0.25) is 0 Å². The summed E-state index contributed by atoms with van der Waals surface area (Å²) in [5.74, 6) is -1.49. The summed E-state index contributed by atoms with van der Waals surface area (Å²) in [5.41, 5.74) is 3.08. The lowest BCUT2D eigenvalue weighted by Crippen LogP contribution is -2.08. The molecule has 0 radical (unpaired) electrons. The van der Waals surface area contributed by atoms with Crippen molar-refractivity contribution in [2.45, 2.75) is 26.7 Å². The Morgan fingerprint density at radius 3 is 2.75 bits per heavy atom. The molecule has 2 rings (SSSR count). The molecular weight excluding hydrogens is 206 g/mol. The highest BCUT2D eigenvalue weighted by Gasteiger charge is 2.18. The van der Waals surface area contributed by atoms with Crippen LogP contribution in [0.1, 0.15) is 29.9 Å². The largest absolute Gasteiger partial charge is 0.481 e. The lowest BCUT2D eigenvalue weighted by Gasteiger charge is -2.00. The molecule has 2 heterocycles. The molecule has 5 nitrogen and oxygen atoms in total. The number of hydrogen-bond acceptors (Lipinski definition) is 3. The Labute approximate surface area is 92.7 Å². The van der Waals surface area contributed by atoms with E-state index in [1.807, 2.05) is 19.9 Å². The minimum Gasteiger partial charge on any atom is -0.481 e. The van der Waals surface area contributed by atoms with Crippen LogP contribution in [-0.2, 0) is 4.79 Å². The van der Waals surface area contributed by atoms with Crippen LogP contribution in [0.5, 0.6) is 0 Å². The standard InChI is InChI=1S/C11H13N3O2/c1-6-4-7(2)14-10(12-6)5-9(13-14)8(3)11(15)16/h4-5,8H,1-3H3,(H,15,16). The zero-order chi connectivity index (χ0) is 11.9. The van der Waals surface area contributed by atoms with Gasteiger partial charge in [-0.25, -0.2) is 9.50 Å². The van der Waals surface area contributed by atoms with Gasteiger partial charge in [0.1, 0.15) is 0 Å². The van der Waals surface area contributed by atoms with E-state index in [-0.39, 0.29) is 0 Å². The van der Waals surface area contributed by atoms with E-state index in [0.29, 0.717) is 11.3 Å².